The van der Waals surface area contributed by atoms with Crippen LogP contribution in [0.15, 0.2) is 47.4 Å². The van der Waals surface area contributed by atoms with Crippen molar-refractivity contribution < 1.29 is 14.6 Å². The van der Waals surface area contributed by atoms with Gasteiger partial charge in [-0.25, -0.2) is 0 Å². The van der Waals surface area contributed by atoms with Gasteiger partial charge in [-0.1, -0.05) is 18.2 Å². The van der Waals surface area contributed by atoms with Crippen LogP contribution in [0.3, 0.4) is 0 Å². The van der Waals surface area contributed by atoms with Gasteiger partial charge in [-0.05, 0) is 32.9 Å². The maximum atomic E-state index is 12.3. The summed E-state index contributed by atoms with van der Waals surface area (Å²) in [5.74, 6) is 0.506. The molecule has 5 heteroatoms. The average Bonchev–Trinajstić information content (AvgIpc) is 2.49. The standard InChI is InChI=1S/C18H19NO4/c1-17(2)18(3,22)16(19-9-5-4-6-15(19)21)13-8-7-12(11-20)10-14(13)23-17/h4-11,16,22H,1-3H3. The van der Waals surface area contributed by atoms with E-state index in [1.807, 2.05) is 0 Å². The highest BCUT2D eigenvalue weighted by Crippen LogP contribution is 2.47. The van der Waals surface area contributed by atoms with Crippen molar-refractivity contribution >= 4 is 6.29 Å². The second kappa shape index (κ2) is 5.06. The maximum Gasteiger partial charge on any atom is 0.251 e. The zero-order valence-electron chi connectivity index (χ0n) is 13.3. The molecule has 0 amide bonds. The van der Waals surface area contributed by atoms with E-state index in [2.05, 4.69) is 0 Å². The number of aldehydes is 1. The van der Waals surface area contributed by atoms with Crippen LogP contribution in [0, 0.1) is 0 Å². The van der Waals surface area contributed by atoms with E-state index in [1.165, 1.54) is 10.6 Å². The molecule has 1 aromatic heterocycles. The number of carbonyl (C=O) groups is 1. The lowest BCUT2D eigenvalue weighted by atomic mass is 9.75. The summed E-state index contributed by atoms with van der Waals surface area (Å²) < 4.78 is 7.45. The van der Waals surface area contributed by atoms with Crippen molar-refractivity contribution in [1.29, 1.82) is 0 Å². The lowest BCUT2D eigenvalue weighted by molar-refractivity contribution is -0.139. The number of benzene rings is 1. The van der Waals surface area contributed by atoms with Crippen molar-refractivity contribution in [3.8, 4) is 5.75 Å². The second-order valence-electron chi connectivity index (χ2n) is 6.52. The van der Waals surface area contributed by atoms with Gasteiger partial charge >= 0.3 is 0 Å². The highest BCUT2D eigenvalue weighted by molar-refractivity contribution is 5.76. The molecule has 3 rings (SSSR count). The van der Waals surface area contributed by atoms with Gasteiger partial charge in [0, 0.05) is 23.4 Å². The number of fused-ring (bicyclic) bond motifs is 1. The molecule has 0 radical (unpaired) electrons. The molecular weight excluding hydrogens is 294 g/mol. The third-order valence-electron chi connectivity index (χ3n) is 4.71. The second-order valence-corrected chi connectivity index (χ2v) is 6.52. The summed E-state index contributed by atoms with van der Waals surface area (Å²) in [6, 6.07) is 9.28. The van der Waals surface area contributed by atoms with Gasteiger partial charge in [0.25, 0.3) is 5.56 Å². The summed E-state index contributed by atoms with van der Waals surface area (Å²) in [7, 11) is 0. The molecule has 0 saturated carbocycles. The molecule has 1 N–H and O–H groups in total. The first-order valence-corrected chi connectivity index (χ1v) is 7.45. The molecule has 0 saturated heterocycles. The van der Waals surface area contributed by atoms with Crippen molar-refractivity contribution in [2.45, 2.75) is 38.0 Å². The first-order valence-electron chi connectivity index (χ1n) is 7.45. The van der Waals surface area contributed by atoms with Crippen molar-refractivity contribution in [2.24, 2.45) is 0 Å². The van der Waals surface area contributed by atoms with Crippen molar-refractivity contribution in [3.05, 3.63) is 64.1 Å². The number of ether oxygens (including phenoxy) is 1. The average molecular weight is 313 g/mol. The molecule has 120 valence electrons. The largest absolute Gasteiger partial charge is 0.484 e. The topological polar surface area (TPSA) is 68.5 Å². The highest BCUT2D eigenvalue weighted by atomic mass is 16.5. The van der Waals surface area contributed by atoms with Crippen LogP contribution < -0.4 is 10.3 Å². The van der Waals surface area contributed by atoms with Gasteiger partial charge < -0.3 is 14.4 Å². The van der Waals surface area contributed by atoms with Crippen LogP contribution >= 0.6 is 0 Å². The van der Waals surface area contributed by atoms with Crippen LogP contribution in [0.1, 0.15) is 42.7 Å². The summed E-state index contributed by atoms with van der Waals surface area (Å²) in [5.41, 5.74) is -1.32. The van der Waals surface area contributed by atoms with Gasteiger partial charge in [0.05, 0.1) is 6.04 Å². The number of aliphatic hydroxyl groups is 1. The minimum absolute atomic E-state index is 0.208. The lowest BCUT2D eigenvalue weighted by Gasteiger charge is -2.49. The van der Waals surface area contributed by atoms with Gasteiger partial charge in [-0.15, -0.1) is 0 Å². The molecule has 1 aliphatic heterocycles. The monoisotopic (exact) mass is 313 g/mol. The fourth-order valence-electron chi connectivity index (χ4n) is 3.02. The Morgan fingerprint density at radius 1 is 1.22 bits per heavy atom. The van der Waals surface area contributed by atoms with E-state index in [0.717, 1.165) is 6.29 Å². The smallest absolute Gasteiger partial charge is 0.251 e. The molecule has 0 bridgehead atoms. The highest BCUT2D eigenvalue weighted by Gasteiger charge is 2.53. The van der Waals surface area contributed by atoms with Crippen LogP contribution in [0.4, 0.5) is 0 Å². The summed E-state index contributed by atoms with van der Waals surface area (Å²) in [5, 5.41) is 11.2. The molecule has 0 fully saturated rings. The molecule has 2 unspecified atom stereocenters. The molecule has 2 aromatic rings. The maximum absolute atomic E-state index is 12.3. The lowest BCUT2D eigenvalue weighted by Crippen LogP contribution is -2.60. The van der Waals surface area contributed by atoms with Gasteiger partial charge in [-0.3, -0.25) is 9.59 Å². The summed E-state index contributed by atoms with van der Waals surface area (Å²) in [6.45, 7) is 5.20. The Hall–Kier alpha value is -2.40. The zero-order chi connectivity index (χ0) is 16.8. The number of aromatic nitrogens is 1. The van der Waals surface area contributed by atoms with Crippen molar-refractivity contribution in [3.63, 3.8) is 0 Å². The minimum atomic E-state index is -1.33. The third kappa shape index (κ3) is 2.28. The van der Waals surface area contributed by atoms with Crippen LogP contribution in [0.25, 0.3) is 0 Å². The molecule has 0 spiro atoms. The number of hydrogen-bond acceptors (Lipinski definition) is 4. The van der Waals surface area contributed by atoms with Crippen molar-refractivity contribution in [1.82, 2.24) is 4.57 Å². The Balaban J connectivity index is 2.30. The quantitative estimate of drug-likeness (QED) is 0.863. The Morgan fingerprint density at radius 2 is 1.96 bits per heavy atom. The predicted octanol–water partition coefficient (Wildman–Crippen LogP) is 2.17. The summed E-state index contributed by atoms with van der Waals surface area (Å²) in [6.07, 6.45) is 2.40. The van der Waals surface area contributed by atoms with E-state index in [1.54, 1.807) is 57.3 Å². The number of rotatable bonds is 2. The molecule has 2 atom stereocenters. The zero-order valence-corrected chi connectivity index (χ0v) is 13.3. The van der Waals surface area contributed by atoms with Gasteiger partial charge in [0.15, 0.2) is 0 Å². The van der Waals surface area contributed by atoms with Gasteiger partial charge in [0.2, 0.25) is 0 Å². The molecular formula is C18H19NO4. The SMILES string of the molecule is CC1(C)Oc2cc(C=O)ccc2C(n2ccccc2=O)C1(C)O. The van der Waals surface area contributed by atoms with E-state index in [-0.39, 0.29) is 5.56 Å². The number of carbonyl (C=O) groups excluding carboxylic acids is 1. The van der Waals surface area contributed by atoms with E-state index < -0.39 is 17.2 Å². The van der Waals surface area contributed by atoms with Crippen LogP contribution in [0.2, 0.25) is 0 Å². The minimum Gasteiger partial charge on any atom is -0.484 e. The number of nitrogens with zero attached hydrogens (tertiary/aromatic N) is 1. The molecule has 1 aliphatic rings. The fourth-order valence-corrected chi connectivity index (χ4v) is 3.02. The van der Waals surface area contributed by atoms with Gasteiger partial charge in [-0.2, -0.15) is 0 Å². The fraction of sp³-hybridized carbons (Fsp3) is 0.333. The molecule has 2 heterocycles. The Bertz CT molecular complexity index is 820. The third-order valence-corrected chi connectivity index (χ3v) is 4.71. The summed E-state index contributed by atoms with van der Waals surface area (Å²) in [4.78, 5) is 23.3. The van der Waals surface area contributed by atoms with E-state index in [9.17, 15) is 14.7 Å². The predicted molar refractivity (Wildman–Crippen MR) is 86.0 cm³/mol. The van der Waals surface area contributed by atoms with Gasteiger partial charge in [0.1, 0.15) is 23.2 Å². The first-order chi connectivity index (χ1) is 10.8. The Kier molecular flexibility index (Phi) is 3.41. The Morgan fingerprint density at radius 3 is 2.61 bits per heavy atom. The van der Waals surface area contributed by atoms with Crippen molar-refractivity contribution in [2.75, 3.05) is 0 Å². The summed E-state index contributed by atoms with van der Waals surface area (Å²) >= 11 is 0. The van der Waals surface area contributed by atoms with Crippen LogP contribution in [-0.4, -0.2) is 27.2 Å². The number of pyridine rings is 1. The number of hydrogen-bond donors (Lipinski definition) is 1. The molecule has 0 aliphatic carbocycles. The van der Waals surface area contributed by atoms with Crippen LogP contribution in [0.5, 0.6) is 5.75 Å². The molecule has 1 aromatic carbocycles. The van der Waals surface area contributed by atoms with E-state index in [0.29, 0.717) is 16.9 Å². The van der Waals surface area contributed by atoms with E-state index >= 15 is 0 Å². The normalized spacial score (nSPS) is 25.3. The first kappa shape index (κ1) is 15.5. The Labute approximate surface area is 134 Å². The molecule has 5 nitrogen and oxygen atoms in total. The van der Waals surface area contributed by atoms with E-state index in [4.69, 9.17) is 4.74 Å². The molecule has 23 heavy (non-hydrogen) atoms. The van der Waals surface area contributed by atoms with Crippen LogP contribution in [-0.2, 0) is 0 Å².